The largest absolute Gasteiger partial charge is 0.303 e. The molecule has 1 aliphatic rings. The quantitative estimate of drug-likeness (QED) is 0.324. The molecule has 2 unspecified atom stereocenters. The maximum Gasteiger partial charge on any atom is 0.146 e. The van der Waals surface area contributed by atoms with Gasteiger partial charge in [-0.1, -0.05) is 24.6 Å². The number of carbonyl (C=O) groups is 2. The van der Waals surface area contributed by atoms with Crippen LogP contribution >= 0.6 is 11.6 Å². The Morgan fingerprint density at radius 3 is 2.88 bits per heavy atom. The lowest BCUT2D eigenvalue weighted by Gasteiger charge is -2.08. The lowest BCUT2D eigenvalue weighted by atomic mass is 9.93. The van der Waals surface area contributed by atoms with E-state index in [0.29, 0.717) is 18.0 Å². The lowest BCUT2D eigenvalue weighted by Crippen LogP contribution is -2.23. The van der Waals surface area contributed by atoms with Crippen LogP contribution in [0.2, 0.25) is 5.15 Å². The number of hydrogen-bond acceptors (Lipinski definition) is 3. The van der Waals surface area contributed by atoms with E-state index in [0.717, 1.165) is 17.5 Å². The summed E-state index contributed by atoms with van der Waals surface area (Å²) in [5.74, 6) is -0.689. The number of nitrogens with zero attached hydrogens (tertiary/aromatic N) is 1. The normalized spacial score (nSPS) is 24.8. The summed E-state index contributed by atoms with van der Waals surface area (Å²) in [7, 11) is 0. The van der Waals surface area contributed by atoms with Crippen molar-refractivity contribution in [2.24, 2.45) is 11.8 Å². The molecule has 0 aromatic carbocycles. The molecule has 1 aliphatic carbocycles. The highest BCUT2D eigenvalue weighted by Gasteiger charge is 2.29. The van der Waals surface area contributed by atoms with Crippen molar-refractivity contribution in [3.05, 3.63) is 28.5 Å². The average molecular weight is 238 g/mol. The Labute approximate surface area is 98.8 Å². The van der Waals surface area contributed by atoms with Crippen LogP contribution in [0.3, 0.4) is 0 Å². The van der Waals surface area contributed by atoms with E-state index in [1.807, 2.05) is 13.0 Å². The van der Waals surface area contributed by atoms with E-state index >= 15 is 0 Å². The summed E-state index contributed by atoms with van der Waals surface area (Å²) in [6.07, 6.45) is 1.74. The maximum atomic E-state index is 11.8. The highest BCUT2D eigenvalue weighted by molar-refractivity contribution is 6.29. The number of rotatable bonds is 1. The van der Waals surface area contributed by atoms with E-state index in [2.05, 4.69) is 4.98 Å². The van der Waals surface area contributed by atoms with E-state index in [1.165, 1.54) is 0 Å². The van der Waals surface area contributed by atoms with E-state index < -0.39 is 5.92 Å². The standard InChI is InChI=1S/C12H12ClNO2/c1-7-4-8-2-3-11(13)14-10(8)5-9(6-15)12(7)16/h2-3,6-7,9H,4-5H2,1H3. The summed E-state index contributed by atoms with van der Waals surface area (Å²) in [4.78, 5) is 26.9. The number of halogens is 1. The predicted molar refractivity (Wildman–Crippen MR) is 60.4 cm³/mol. The minimum atomic E-state index is -0.567. The second-order valence-electron chi connectivity index (χ2n) is 4.19. The van der Waals surface area contributed by atoms with Gasteiger partial charge in [-0.2, -0.15) is 0 Å². The summed E-state index contributed by atoms with van der Waals surface area (Å²) < 4.78 is 0. The van der Waals surface area contributed by atoms with Crippen LogP contribution in [-0.4, -0.2) is 17.1 Å². The van der Waals surface area contributed by atoms with Gasteiger partial charge in [0, 0.05) is 18.0 Å². The van der Waals surface area contributed by atoms with Crippen molar-refractivity contribution in [2.45, 2.75) is 19.8 Å². The zero-order valence-corrected chi connectivity index (χ0v) is 9.70. The number of aldehydes is 1. The summed E-state index contributed by atoms with van der Waals surface area (Å²) in [5, 5.41) is 0.408. The Kier molecular flexibility index (Phi) is 3.06. The minimum absolute atomic E-state index is 0.00382. The van der Waals surface area contributed by atoms with E-state index in [9.17, 15) is 9.59 Å². The molecule has 0 amide bonds. The van der Waals surface area contributed by atoms with Crippen LogP contribution in [-0.2, 0) is 22.4 Å². The number of Topliss-reactive ketones (excluding diaryl/α,β-unsaturated/α-hetero) is 1. The summed E-state index contributed by atoms with van der Waals surface area (Å²) in [6, 6.07) is 3.61. The number of aromatic nitrogens is 1. The SMILES string of the molecule is CC1Cc2ccc(Cl)nc2CC(C=O)C1=O. The van der Waals surface area contributed by atoms with Crippen LogP contribution in [0.5, 0.6) is 0 Å². The second-order valence-corrected chi connectivity index (χ2v) is 4.58. The van der Waals surface area contributed by atoms with Gasteiger partial charge < -0.3 is 4.79 Å². The first kappa shape index (κ1) is 11.3. The number of pyridine rings is 1. The molecule has 2 rings (SSSR count). The van der Waals surface area contributed by atoms with Gasteiger partial charge in [0.1, 0.15) is 17.2 Å². The van der Waals surface area contributed by atoms with Crippen molar-refractivity contribution in [2.75, 3.05) is 0 Å². The van der Waals surface area contributed by atoms with Crippen molar-refractivity contribution in [3.63, 3.8) is 0 Å². The van der Waals surface area contributed by atoms with Gasteiger partial charge in [0.2, 0.25) is 0 Å². The summed E-state index contributed by atoms with van der Waals surface area (Å²) in [5.41, 5.74) is 1.80. The summed E-state index contributed by atoms with van der Waals surface area (Å²) in [6.45, 7) is 1.85. The van der Waals surface area contributed by atoms with Crippen LogP contribution in [0.25, 0.3) is 0 Å². The molecule has 4 heteroatoms. The fourth-order valence-electron chi connectivity index (χ4n) is 2.09. The third-order valence-corrected chi connectivity index (χ3v) is 3.20. The number of hydrogen-bond donors (Lipinski definition) is 0. The lowest BCUT2D eigenvalue weighted by molar-refractivity contribution is -0.129. The zero-order valence-electron chi connectivity index (χ0n) is 8.94. The monoisotopic (exact) mass is 237 g/mol. The van der Waals surface area contributed by atoms with Crippen LogP contribution in [0.15, 0.2) is 12.1 Å². The van der Waals surface area contributed by atoms with Gasteiger partial charge >= 0.3 is 0 Å². The van der Waals surface area contributed by atoms with Crippen LogP contribution in [0.4, 0.5) is 0 Å². The molecule has 1 heterocycles. The molecule has 0 saturated heterocycles. The first-order valence-corrected chi connectivity index (χ1v) is 5.63. The van der Waals surface area contributed by atoms with Crippen LogP contribution < -0.4 is 0 Å². The molecule has 1 aromatic rings. The highest BCUT2D eigenvalue weighted by atomic mass is 35.5. The highest BCUT2D eigenvalue weighted by Crippen LogP contribution is 2.24. The first-order valence-electron chi connectivity index (χ1n) is 5.25. The van der Waals surface area contributed by atoms with Crippen LogP contribution in [0.1, 0.15) is 18.2 Å². The molecule has 0 spiro atoms. The summed E-state index contributed by atoms with van der Waals surface area (Å²) >= 11 is 5.81. The van der Waals surface area contributed by atoms with E-state index in [-0.39, 0.29) is 11.7 Å². The molecule has 0 fully saturated rings. The average Bonchev–Trinajstić information content (AvgIpc) is 2.38. The molecule has 2 atom stereocenters. The smallest absolute Gasteiger partial charge is 0.146 e. The molecule has 84 valence electrons. The fourth-order valence-corrected chi connectivity index (χ4v) is 2.25. The Bertz CT molecular complexity index is 445. The molecule has 3 nitrogen and oxygen atoms in total. The van der Waals surface area contributed by atoms with E-state index in [1.54, 1.807) is 6.07 Å². The zero-order chi connectivity index (χ0) is 11.7. The topological polar surface area (TPSA) is 47.0 Å². The molecule has 1 aromatic heterocycles. The predicted octanol–water partition coefficient (Wildman–Crippen LogP) is 1.85. The molecule has 0 aliphatic heterocycles. The van der Waals surface area contributed by atoms with Gasteiger partial charge in [-0.3, -0.25) is 4.79 Å². The number of ketones is 1. The third kappa shape index (κ3) is 2.00. The first-order chi connectivity index (χ1) is 7.61. The number of fused-ring (bicyclic) bond motifs is 1. The Balaban J connectivity index is 2.44. The fraction of sp³-hybridized carbons (Fsp3) is 0.417. The van der Waals surface area contributed by atoms with Gasteiger partial charge in [-0.15, -0.1) is 0 Å². The molecular formula is C12H12ClNO2. The number of carbonyl (C=O) groups excluding carboxylic acids is 2. The Hall–Kier alpha value is -1.22. The van der Waals surface area contributed by atoms with E-state index in [4.69, 9.17) is 11.6 Å². The Morgan fingerprint density at radius 1 is 1.44 bits per heavy atom. The van der Waals surface area contributed by atoms with Gasteiger partial charge in [-0.25, -0.2) is 4.98 Å². The molecule has 0 N–H and O–H groups in total. The van der Waals surface area contributed by atoms with Gasteiger partial charge in [-0.05, 0) is 18.1 Å². The Morgan fingerprint density at radius 2 is 2.19 bits per heavy atom. The molecular weight excluding hydrogens is 226 g/mol. The molecule has 0 bridgehead atoms. The third-order valence-electron chi connectivity index (χ3n) is 2.99. The molecule has 0 saturated carbocycles. The maximum absolute atomic E-state index is 11.8. The molecule has 0 radical (unpaired) electrons. The van der Waals surface area contributed by atoms with Crippen molar-refractivity contribution >= 4 is 23.7 Å². The van der Waals surface area contributed by atoms with Crippen LogP contribution in [0, 0.1) is 11.8 Å². The van der Waals surface area contributed by atoms with Gasteiger partial charge in [0.05, 0.1) is 5.92 Å². The van der Waals surface area contributed by atoms with Gasteiger partial charge in [0.15, 0.2) is 0 Å². The molecule has 16 heavy (non-hydrogen) atoms. The minimum Gasteiger partial charge on any atom is -0.303 e. The van der Waals surface area contributed by atoms with Crippen molar-refractivity contribution in [3.8, 4) is 0 Å². The van der Waals surface area contributed by atoms with Crippen molar-refractivity contribution < 1.29 is 9.59 Å². The van der Waals surface area contributed by atoms with Gasteiger partial charge in [0.25, 0.3) is 0 Å². The second kappa shape index (κ2) is 4.34. The van der Waals surface area contributed by atoms with Crippen molar-refractivity contribution in [1.29, 1.82) is 0 Å². The van der Waals surface area contributed by atoms with Crippen molar-refractivity contribution in [1.82, 2.24) is 4.98 Å².